The summed E-state index contributed by atoms with van der Waals surface area (Å²) in [6.45, 7) is 8.16. The van der Waals surface area contributed by atoms with Gasteiger partial charge >= 0.3 is 0 Å². The highest BCUT2D eigenvalue weighted by atomic mass is 32.2. The zero-order valence-electron chi connectivity index (χ0n) is 11.5. The molecule has 1 aromatic rings. The van der Waals surface area contributed by atoms with E-state index in [-0.39, 0.29) is 0 Å². The van der Waals surface area contributed by atoms with Crippen LogP contribution in [0.5, 0.6) is 0 Å². The number of nitrogens with one attached hydrogen (secondary N) is 1. The second-order valence-electron chi connectivity index (χ2n) is 5.01. The van der Waals surface area contributed by atoms with Crippen molar-refractivity contribution in [1.29, 1.82) is 0 Å². The molecule has 0 saturated carbocycles. The number of hydrogen-bond donors (Lipinski definition) is 1. The fourth-order valence-corrected chi connectivity index (χ4v) is 3.68. The van der Waals surface area contributed by atoms with Gasteiger partial charge in [-0.25, -0.2) is 0 Å². The smallest absolute Gasteiger partial charge is 0.0634 e. The summed E-state index contributed by atoms with van der Waals surface area (Å²) in [7, 11) is 0. The summed E-state index contributed by atoms with van der Waals surface area (Å²) in [5.74, 6) is 0. The Morgan fingerprint density at radius 1 is 1.39 bits per heavy atom. The monoisotopic (exact) mass is 265 g/mol. The van der Waals surface area contributed by atoms with Crippen LogP contribution in [0.1, 0.15) is 26.3 Å². The van der Waals surface area contributed by atoms with Crippen molar-refractivity contribution in [3.63, 3.8) is 0 Å². The molecule has 0 bridgehead atoms. The minimum absolute atomic E-state index is 0.305. The molecule has 2 nitrogen and oxygen atoms in total. The first-order chi connectivity index (χ1) is 8.70. The molecule has 0 fully saturated rings. The maximum absolute atomic E-state index is 5.79. The van der Waals surface area contributed by atoms with Crippen LogP contribution in [0.3, 0.4) is 0 Å². The van der Waals surface area contributed by atoms with Gasteiger partial charge in [0.05, 0.1) is 12.7 Å². The average molecular weight is 265 g/mol. The van der Waals surface area contributed by atoms with Crippen LogP contribution < -0.4 is 5.32 Å². The Morgan fingerprint density at radius 2 is 2.17 bits per heavy atom. The lowest BCUT2D eigenvalue weighted by Crippen LogP contribution is -2.42. The normalized spacial score (nSPS) is 20.1. The van der Waals surface area contributed by atoms with Crippen LogP contribution in [0.2, 0.25) is 0 Å². The first kappa shape index (κ1) is 13.9. The van der Waals surface area contributed by atoms with Gasteiger partial charge in [0.25, 0.3) is 0 Å². The van der Waals surface area contributed by atoms with Crippen molar-refractivity contribution in [2.75, 3.05) is 13.2 Å². The van der Waals surface area contributed by atoms with E-state index in [1.54, 1.807) is 0 Å². The number of ether oxygens (including phenoxy) is 1. The SMILES string of the molecule is CCNC(COC(C)C)C1Cc2ccccc2S1. The topological polar surface area (TPSA) is 21.3 Å². The fourth-order valence-electron chi connectivity index (χ4n) is 2.29. The van der Waals surface area contributed by atoms with Gasteiger partial charge in [-0.2, -0.15) is 0 Å². The zero-order valence-corrected chi connectivity index (χ0v) is 12.3. The van der Waals surface area contributed by atoms with Gasteiger partial charge in [0.15, 0.2) is 0 Å². The third-order valence-corrected chi connectivity index (χ3v) is 4.65. The summed E-state index contributed by atoms with van der Waals surface area (Å²) in [5, 5.41) is 4.17. The lowest BCUT2D eigenvalue weighted by atomic mass is 10.1. The molecule has 0 aliphatic carbocycles. The Kier molecular flexibility index (Phi) is 5.10. The number of thioether (sulfide) groups is 1. The number of likely N-dealkylation sites (N-methyl/N-ethyl adjacent to an activating group) is 1. The molecule has 1 heterocycles. The molecule has 1 aliphatic rings. The average Bonchev–Trinajstić information content (AvgIpc) is 2.77. The Morgan fingerprint density at radius 3 is 2.83 bits per heavy atom. The van der Waals surface area contributed by atoms with Gasteiger partial charge in [0.2, 0.25) is 0 Å². The lowest BCUT2D eigenvalue weighted by molar-refractivity contribution is 0.0612. The van der Waals surface area contributed by atoms with E-state index in [2.05, 4.69) is 50.4 Å². The molecule has 1 aromatic carbocycles. The third-order valence-electron chi connectivity index (χ3n) is 3.20. The maximum atomic E-state index is 5.79. The van der Waals surface area contributed by atoms with E-state index in [0.29, 0.717) is 17.4 Å². The Balaban J connectivity index is 1.97. The summed E-state index contributed by atoms with van der Waals surface area (Å²) >= 11 is 1.99. The Labute approximate surface area is 114 Å². The van der Waals surface area contributed by atoms with E-state index in [1.807, 2.05) is 11.8 Å². The molecule has 100 valence electrons. The van der Waals surface area contributed by atoms with Crippen molar-refractivity contribution in [2.45, 2.75) is 49.5 Å². The maximum Gasteiger partial charge on any atom is 0.0634 e. The minimum Gasteiger partial charge on any atom is -0.377 e. The predicted octanol–water partition coefficient (Wildman–Crippen LogP) is 3.11. The van der Waals surface area contributed by atoms with Crippen molar-refractivity contribution in [3.8, 4) is 0 Å². The number of fused-ring (bicyclic) bond motifs is 1. The van der Waals surface area contributed by atoms with Crippen molar-refractivity contribution in [2.24, 2.45) is 0 Å². The second kappa shape index (κ2) is 6.60. The molecular formula is C15H23NOS. The standard InChI is InChI=1S/C15H23NOS/c1-4-16-13(10-17-11(2)3)15-9-12-7-5-6-8-14(12)18-15/h5-8,11,13,15-16H,4,9-10H2,1-3H3. The highest BCUT2D eigenvalue weighted by Crippen LogP contribution is 2.38. The van der Waals surface area contributed by atoms with Gasteiger partial charge in [-0.3, -0.25) is 0 Å². The number of hydrogen-bond acceptors (Lipinski definition) is 3. The van der Waals surface area contributed by atoms with Gasteiger partial charge in [-0.05, 0) is 38.4 Å². The van der Waals surface area contributed by atoms with Crippen LogP contribution in [-0.4, -0.2) is 30.5 Å². The molecule has 2 atom stereocenters. The molecule has 3 heteroatoms. The predicted molar refractivity (Wildman–Crippen MR) is 78.3 cm³/mol. The highest BCUT2D eigenvalue weighted by molar-refractivity contribution is 8.00. The Bertz CT molecular complexity index is 356. The van der Waals surface area contributed by atoms with E-state index >= 15 is 0 Å². The van der Waals surface area contributed by atoms with Crippen molar-refractivity contribution >= 4 is 11.8 Å². The van der Waals surface area contributed by atoms with Crippen LogP contribution in [0.15, 0.2) is 29.2 Å². The van der Waals surface area contributed by atoms with Crippen LogP contribution in [0.25, 0.3) is 0 Å². The quantitative estimate of drug-likeness (QED) is 0.854. The van der Waals surface area contributed by atoms with E-state index in [1.165, 1.54) is 10.5 Å². The fraction of sp³-hybridized carbons (Fsp3) is 0.600. The van der Waals surface area contributed by atoms with Crippen LogP contribution in [-0.2, 0) is 11.2 Å². The van der Waals surface area contributed by atoms with Crippen LogP contribution >= 0.6 is 11.8 Å². The molecule has 2 unspecified atom stereocenters. The largest absolute Gasteiger partial charge is 0.377 e. The second-order valence-corrected chi connectivity index (χ2v) is 6.30. The third kappa shape index (κ3) is 3.50. The summed E-state index contributed by atoms with van der Waals surface area (Å²) < 4.78 is 5.79. The molecule has 0 radical (unpaired) electrons. The summed E-state index contributed by atoms with van der Waals surface area (Å²) in [6.07, 6.45) is 1.46. The van der Waals surface area contributed by atoms with E-state index in [4.69, 9.17) is 4.74 Å². The summed E-state index contributed by atoms with van der Waals surface area (Å²) in [5.41, 5.74) is 1.49. The molecule has 0 aromatic heterocycles. The van der Waals surface area contributed by atoms with Gasteiger partial charge < -0.3 is 10.1 Å². The first-order valence-corrected chi connectivity index (χ1v) is 7.68. The first-order valence-electron chi connectivity index (χ1n) is 6.80. The number of benzene rings is 1. The molecule has 1 aliphatic heterocycles. The van der Waals surface area contributed by atoms with E-state index in [9.17, 15) is 0 Å². The summed E-state index contributed by atoms with van der Waals surface area (Å²) in [4.78, 5) is 1.44. The molecule has 0 saturated heterocycles. The molecule has 0 amide bonds. The molecule has 1 N–H and O–H groups in total. The van der Waals surface area contributed by atoms with Gasteiger partial charge in [-0.1, -0.05) is 25.1 Å². The Hall–Kier alpha value is -0.510. The molecular weight excluding hydrogens is 242 g/mol. The van der Waals surface area contributed by atoms with E-state index < -0.39 is 0 Å². The van der Waals surface area contributed by atoms with Gasteiger partial charge in [0, 0.05) is 16.2 Å². The molecule has 0 spiro atoms. The van der Waals surface area contributed by atoms with Crippen LogP contribution in [0, 0.1) is 0 Å². The van der Waals surface area contributed by atoms with Crippen LogP contribution in [0.4, 0.5) is 0 Å². The van der Waals surface area contributed by atoms with Crippen molar-refractivity contribution in [3.05, 3.63) is 29.8 Å². The zero-order chi connectivity index (χ0) is 13.0. The van der Waals surface area contributed by atoms with Gasteiger partial charge in [0.1, 0.15) is 0 Å². The molecule has 18 heavy (non-hydrogen) atoms. The minimum atomic E-state index is 0.305. The number of rotatable bonds is 6. The highest BCUT2D eigenvalue weighted by Gasteiger charge is 2.29. The lowest BCUT2D eigenvalue weighted by Gasteiger charge is -2.24. The van der Waals surface area contributed by atoms with Crippen molar-refractivity contribution < 1.29 is 4.74 Å². The summed E-state index contributed by atoms with van der Waals surface area (Å²) in [6, 6.07) is 9.17. The van der Waals surface area contributed by atoms with E-state index in [0.717, 1.165) is 19.6 Å². The van der Waals surface area contributed by atoms with Gasteiger partial charge in [-0.15, -0.1) is 11.8 Å². The molecule has 2 rings (SSSR count). The van der Waals surface area contributed by atoms with Crippen molar-refractivity contribution in [1.82, 2.24) is 5.32 Å².